The maximum atomic E-state index is 12.2. The Morgan fingerprint density at radius 1 is 1.12 bits per heavy atom. The first-order valence-electron chi connectivity index (χ1n) is 10.6. The van der Waals surface area contributed by atoms with E-state index in [9.17, 15) is 4.79 Å². The first kappa shape index (κ1) is 21.9. The number of hydrogen-bond acceptors (Lipinski definition) is 4. The molecule has 0 saturated carbocycles. The van der Waals surface area contributed by atoms with E-state index >= 15 is 0 Å². The van der Waals surface area contributed by atoms with Gasteiger partial charge in [0, 0.05) is 16.3 Å². The minimum Gasteiger partial charge on any atom is -0.484 e. The summed E-state index contributed by atoms with van der Waals surface area (Å²) in [5.41, 5.74) is 5.29. The normalized spacial score (nSPS) is 12.0. The van der Waals surface area contributed by atoms with Crippen LogP contribution in [-0.4, -0.2) is 17.5 Å². The lowest BCUT2D eigenvalue weighted by molar-refractivity contribution is -0.118. The minimum atomic E-state index is -0.246. The number of aromatic nitrogens is 1. The maximum Gasteiger partial charge on any atom is 0.262 e. The lowest BCUT2D eigenvalue weighted by Gasteiger charge is -2.09. The van der Waals surface area contributed by atoms with Gasteiger partial charge >= 0.3 is 0 Å². The Kier molecular flexibility index (Phi) is 6.47. The average Bonchev–Trinajstić information content (AvgIpc) is 3.23. The SMILES string of the molecule is CCC(C)c1ccc2oc(-c3ccc(NC(=O)COc4ccc(Cl)c(C)c4)cc3)nc2c1. The molecule has 6 heteroatoms. The second kappa shape index (κ2) is 9.45. The van der Waals surface area contributed by atoms with E-state index in [4.69, 9.17) is 20.8 Å². The molecule has 0 saturated heterocycles. The molecule has 5 nitrogen and oxygen atoms in total. The number of nitrogens with one attached hydrogen (secondary N) is 1. The topological polar surface area (TPSA) is 64.4 Å². The molecule has 164 valence electrons. The molecular weight excluding hydrogens is 424 g/mol. The van der Waals surface area contributed by atoms with Crippen molar-refractivity contribution in [2.24, 2.45) is 0 Å². The standard InChI is InChI=1S/C26H25ClN2O3/c1-4-16(2)19-7-12-24-23(14-19)29-26(32-24)18-5-8-20(9-6-18)28-25(30)15-31-21-10-11-22(27)17(3)13-21/h5-14,16H,4,15H2,1-3H3,(H,28,30). The Labute approximate surface area is 192 Å². The van der Waals surface area contributed by atoms with E-state index in [1.165, 1.54) is 5.56 Å². The largest absolute Gasteiger partial charge is 0.484 e. The number of anilines is 1. The number of hydrogen-bond donors (Lipinski definition) is 1. The van der Waals surface area contributed by atoms with Gasteiger partial charge in [-0.15, -0.1) is 0 Å². The van der Waals surface area contributed by atoms with Crippen LogP contribution in [0.15, 0.2) is 65.1 Å². The zero-order valence-electron chi connectivity index (χ0n) is 18.3. The molecule has 1 unspecified atom stereocenters. The molecule has 4 aromatic rings. The predicted molar refractivity (Wildman–Crippen MR) is 128 cm³/mol. The van der Waals surface area contributed by atoms with Crippen molar-refractivity contribution in [3.8, 4) is 17.2 Å². The number of carbonyl (C=O) groups is 1. The maximum absolute atomic E-state index is 12.2. The van der Waals surface area contributed by atoms with Gasteiger partial charge in [0.1, 0.15) is 11.3 Å². The Bertz CT molecular complexity index is 1250. The molecule has 0 spiro atoms. The van der Waals surface area contributed by atoms with Gasteiger partial charge in [-0.05, 0) is 85.0 Å². The van der Waals surface area contributed by atoms with E-state index in [1.54, 1.807) is 18.2 Å². The Hall–Kier alpha value is -3.31. The highest BCUT2D eigenvalue weighted by atomic mass is 35.5. The van der Waals surface area contributed by atoms with E-state index in [0.29, 0.717) is 28.3 Å². The third kappa shape index (κ3) is 4.94. The van der Waals surface area contributed by atoms with Crippen LogP contribution in [0.5, 0.6) is 5.75 Å². The summed E-state index contributed by atoms with van der Waals surface area (Å²) in [7, 11) is 0. The van der Waals surface area contributed by atoms with Crippen LogP contribution in [-0.2, 0) is 4.79 Å². The number of carbonyl (C=O) groups excluding carboxylic acids is 1. The summed E-state index contributed by atoms with van der Waals surface area (Å²) in [5.74, 6) is 1.39. The van der Waals surface area contributed by atoms with Crippen LogP contribution in [0.2, 0.25) is 5.02 Å². The van der Waals surface area contributed by atoms with E-state index in [1.807, 2.05) is 37.3 Å². The summed E-state index contributed by atoms with van der Waals surface area (Å²) >= 11 is 6.01. The Morgan fingerprint density at radius 2 is 1.91 bits per heavy atom. The van der Waals surface area contributed by atoms with Gasteiger partial charge in [-0.2, -0.15) is 0 Å². The van der Waals surface area contributed by atoms with Gasteiger partial charge < -0.3 is 14.5 Å². The molecule has 1 N–H and O–H groups in total. The molecule has 0 aliphatic carbocycles. The third-order valence-corrected chi connectivity index (χ3v) is 5.93. The summed E-state index contributed by atoms with van der Waals surface area (Å²) in [6.07, 6.45) is 1.08. The minimum absolute atomic E-state index is 0.0908. The third-order valence-electron chi connectivity index (χ3n) is 5.51. The van der Waals surface area contributed by atoms with Gasteiger partial charge in [0.25, 0.3) is 5.91 Å². The lowest BCUT2D eigenvalue weighted by atomic mass is 9.98. The van der Waals surface area contributed by atoms with Crippen molar-refractivity contribution in [2.45, 2.75) is 33.1 Å². The number of ether oxygens (including phenoxy) is 1. The molecule has 1 heterocycles. The number of nitrogens with zero attached hydrogens (tertiary/aromatic N) is 1. The molecule has 32 heavy (non-hydrogen) atoms. The fraction of sp³-hybridized carbons (Fsp3) is 0.231. The van der Waals surface area contributed by atoms with Gasteiger partial charge in [-0.3, -0.25) is 4.79 Å². The summed E-state index contributed by atoms with van der Waals surface area (Å²) in [4.78, 5) is 16.9. The molecular formula is C26H25ClN2O3. The highest BCUT2D eigenvalue weighted by Gasteiger charge is 2.12. The number of halogens is 1. The molecule has 0 radical (unpaired) electrons. The summed E-state index contributed by atoms with van der Waals surface area (Å²) < 4.78 is 11.5. The van der Waals surface area contributed by atoms with E-state index in [-0.39, 0.29) is 12.5 Å². The first-order chi connectivity index (χ1) is 15.4. The van der Waals surface area contributed by atoms with Crippen molar-refractivity contribution < 1.29 is 13.9 Å². The van der Waals surface area contributed by atoms with Gasteiger partial charge in [0.05, 0.1) is 0 Å². The zero-order chi connectivity index (χ0) is 22.7. The molecule has 1 atom stereocenters. The number of rotatable bonds is 7. The summed E-state index contributed by atoms with van der Waals surface area (Å²) in [5, 5.41) is 3.49. The number of amides is 1. The Morgan fingerprint density at radius 3 is 2.62 bits per heavy atom. The van der Waals surface area contributed by atoms with Crippen LogP contribution in [0.25, 0.3) is 22.6 Å². The predicted octanol–water partition coefficient (Wildman–Crippen LogP) is 6.99. The lowest BCUT2D eigenvalue weighted by Crippen LogP contribution is -2.20. The van der Waals surface area contributed by atoms with Crippen molar-refractivity contribution in [3.05, 3.63) is 76.8 Å². The molecule has 0 aliphatic heterocycles. The van der Waals surface area contributed by atoms with Gasteiger partial charge in [-0.1, -0.05) is 31.5 Å². The highest BCUT2D eigenvalue weighted by Crippen LogP contribution is 2.28. The molecule has 0 fully saturated rings. The number of benzene rings is 3. The summed E-state index contributed by atoms with van der Waals surface area (Å²) in [6, 6.07) is 18.8. The van der Waals surface area contributed by atoms with Crippen molar-refractivity contribution >= 4 is 34.3 Å². The van der Waals surface area contributed by atoms with Crippen molar-refractivity contribution in [1.29, 1.82) is 0 Å². The van der Waals surface area contributed by atoms with Crippen LogP contribution in [0.1, 0.15) is 37.3 Å². The van der Waals surface area contributed by atoms with E-state index < -0.39 is 0 Å². The smallest absolute Gasteiger partial charge is 0.262 e. The Balaban J connectivity index is 1.40. The first-order valence-corrected chi connectivity index (χ1v) is 11.0. The molecule has 0 bridgehead atoms. The van der Waals surface area contributed by atoms with Crippen molar-refractivity contribution in [1.82, 2.24) is 4.98 Å². The van der Waals surface area contributed by atoms with Crippen molar-refractivity contribution in [2.75, 3.05) is 11.9 Å². The van der Waals surface area contributed by atoms with Gasteiger partial charge in [0.2, 0.25) is 5.89 Å². The van der Waals surface area contributed by atoms with Crippen molar-refractivity contribution in [3.63, 3.8) is 0 Å². The molecule has 1 aromatic heterocycles. The number of fused-ring (bicyclic) bond motifs is 1. The monoisotopic (exact) mass is 448 g/mol. The average molecular weight is 449 g/mol. The van der Waals surface area contributed by atoms with Crippen LogP contribution >= 0.6 is 11.6 Å². The van der Waals surface area contributed by atoms with Crippen LogP contribution in [0, 0.1) is 6.92 Å². The van der Waals surface area contributed by atoms with Crippen LogP contribution < -0.4 is 10.1 Å². The number of oxazole rings is 1. The second-order valence-electron chi connectivity index (χ2n) is 7.88. The second-order valence-corrected chi connectivity index (χ2v) is 8.29. The molecule has 0 aliphatic rings. The fourth-order valence-electron chi connectivity index (χ4n) is 3.36. The quantitative estimate of drug-likeness (QED) is 0.331. The zero-order valence-corrected chi connectivity index (χ0v) is 19.1. The molecule has 1 amide bonds. The highest BCUT2D eigenvalue weighted by molar-refractivity contribution is 6.31. The van der Waals surface area contributed by atoms with E-state index in [2.05, 4.69) is 36.3 Å². The van der Waals surface area contributed by atoms with Crippen LogP contribution in [0.4, 0.5) is 5.69 Å². The fourth-order valence-corrected chi connectivity index (χ4v) is 3.48. The number of aryl methyl sites for hydroxylation is 1. The van der Waals surface area contributed by atoms with Gasteiger partial charge in [-0.25, -0.2) is 4.98 Å². The van der Waals surface area contributed by atoms with E-state index in [0.717, 1.165) is 28.6 Å². The molecule has 4 rings (SSSR count). The van der Waals surface area contributed by atoms with Gasteiger partial charge in [0.15, 0.2) is 12.2 Å². The van der Waals surface area contributed by atoms with Crippen LogP contribution in [0.3, 0.4) is 0 Å². The molecule has 3 aromatic carbocycles. The summed E-state index contributed by atoms with van der Waals surface area (Å²) in [6.45, 7) is 6.18.